The predicted molar refractivity (Wildman–Crippen MR) is 275 cm³/mol. The summed E-state index contributed by atoms with van der Waals surface area (Å²) < 4.78 is 8.94. The van der Waals surface area contributed by atoms with E-state index in [0.29, 0.717) is 17.4 Å². The quantitative estimate of drug-likeness (QED) is 0.152. The molecule has 0 bridgehead atoms. The van der Waals surface area contributed by atoms with Gasteiger partial charge in [-0.25, -0.2) is 15.0 Å². The smallest absolute Gasteiger partial charge is 0.235 e. The number of para-hydroxylation sites is 3. The average molecular weight is 858 g/mol. The summed E-state index contributed by atoms with van der Waals surface area (Å²) in [6, 6.07) is 82.8. The molecular weight excluding hydrogens is 819 g/mol. The third-order valence-corrected chi connectivity index (χ3v) is 12.8. The normalized spacial score (nSPS) is 11.6. The van der Waals surface area contributed by atoms with Gasteiger partial charge in [0, 0.05) is 44.3 Å². The Kier molecular flexibility index (Phi) is 9.06. The fourth-order valence-electron chi connectivity index (χ4n) is 9.65. The Morgan fingerprint density at radius 3 is 1.75 bits per heavy atom. The van der Waals surface area contributed by atoms with Crippen LogP contribution in [0, 0.1) is 0 Å². The summed E-state index contributed by atoms with van der Waals surface area (Å²) >= 11 is 0. The van der Waals surface area contributed by atoms with E-state index in [1.165, 1.54) is 16.3 Å². The first-order valence-electron chi connectivity index (χ1n) is 22.5. The van der Waals surface area contributed by atoms with Crippen molar-refractivity contribution < 1.29 is 4.42 Å². The summed E-state index contributed by atoms with van der Waals surface area (Å²) in [6.07, 6.45) is 0. The van der Waals surface area contributed by atoms with E-state index in [0.717, 1.165) is 88.8 Å². The van der Waals surface area contributed by atoms with Gasteiger partial charge in [-0.05, 0) is 112 Å². The molecule has 13 aromatic rings. The zero-order valence-corrected chi connectivity index (χ0v) is 36.2. The molecule has 3 heterocycles. The van der Waals surface area contributed by atoms with Crippen LogP contribution in [0.15, 0.2) is 241 Å². The second-order valence-corrected chi connectivity index (χ2v) is 16.8. The molecule has 0 amide bonds. The van der Waals surface area contributed by atoms with Crippen molar-refractivity contribution in [2.75, 3.05) is 4.90 Å². The van der Waals surface area contributed by atoms with Gasteiger partial charge in [-0.1, -0.05) is 158 Å². The highest BCUT2D eigenvalue weighted by molar-refractivity contribution is 6.17. The molecule has 0 fully saturated rings. The van der Waals surface area contributed by atoms with Crippen molar-refractivity contribution in [3.05, 3.63) is 237 Å². The maximum Gasteiger partial charge on any atom is 0.235 e. The number of hydrogen-bond acceptors (Lipinski definition) is 5. The lowest BCUT2D eigenvalue weighted by atomic mass is 9.96. The lowest BCUT2D eigenvalue weighted by molar-refractivity contribution is 0.621. The fourth-order valence-corrected chi connectivity index (χ4v) is 9.65. The molecule has 0 aliphatic heterocycles. The summed E-state index contributed by atoms with van der Waals surface area (Å²) in [5, 5.41) is 5.51. The fraction of sp³-hybridized carbons (Fsp3) is 0. The van der Waals surface area contributed by atoms with Crippen LogP contribution in [0.25, 0.3) is 105 Å². The predicted octanol–water partition coefficient (Wildman–Crippen LogP) is 16.2. The van der Waals surface area contributed by atoms with Crippen LogP contribution >= 0.6 is 0 Å². The van der Waals surface area contributed by atoms with E-state index in [-0.39, 0.29) is 0 Å². The second kappa shape index (κ2) is 15.8. The number of fused-ring (bicyclic) bond motifs is 7. The summed E-state index contributed by atoms with van der Waals surface area (Å²) in [7, 11) is 0. The maximum atomic E-state index is 6.78. The number of hydrogen-bond donors (Lipinski definition) is 0. The highest BCUT2D eigenvalue weighted by Crippen LogP contribution is 2.42. The number of aromatic nitrogens is 4. The average Bonchev–Trinajstić information content (AvgIpc) is 3.99. The lowest BCUT2D eigenvalue weighted by Crippen LogP contribution is -2.09. The highest BCUT2D eigenvalue weighted by Gasteiger charge is 2.23. The van der Waals surface area contributed by atoms with Gasteiger partial charge in [0.15, 0.2) is 5.58 Å². The molecule has 0 atom stereocenters. The van der Waals surface area contributed by atoms with Crippen LogP contribution in [-0.2, 0) is 0 Å². The molecule has 13 rings (SSSR count). The first-order chi connectivity index (χ1) is 33.2. The Hall–Kier alpha value is -9.13. The molecule has 0 aliphatic rings. The molecule has 0 radical (unpaired) electrons. The zero-order chi connectivity index (χ0) is 44.3. The van der Waals surface area contributed by atoms with Gasteiger partial charge in [-0.3, -0.25) is 4.57 Å². The van der Waals surface area contributed by atoms with Crippen molar-refractivity contribution in [3.63, 3.8) is 0 Å². The number of nitrogens with zero attached hydrogens (tertiary/aromatic N) is 5. The van der Waals surface area contributed by atoms with Gasteiger partial charge in [-0.2, -0.15) is 0 Å². The van der Waals surface area contributed by atoms with E-state index in [2.05, 4.69) is 210 Å². The van der Waals surface area contributed by atoms with E-state index in [9.17, 15) is 0 Å². The Morgan fingerprint density at radius 2 is 0.985 bits per heavy atom. The molecule has 314 valence electrons. The monoisotopic (exact) mass is 857 g/mol. The van der Waals surface area contributed by atoms with Gasteiger partial charge in [0.05, 0.1) is 16.7 Å². The molecule has 67 heavy (non-hydrogen) atoms. The molecule has 0 saturated heterocycles. The second-order valence-electron chi connectivity index (χ2n) is 16.8. The zero-order valence-electron chi connectivity index (χ0n) is 36.2. The topological polar surface area (TPSA) is 60.0 Å². The largest absolute Gasteiger partial charge is 0.434 e. The minimum Gasteiger partial charge on any atom is -0.434 e. The Balaban J connectivity index is 0.981. The van der Waals surface area contributed by atoms with Crippen LogP contribution in [0.3, 0.4) is 0 Å². The van der Waals surface area contributed by atoms with Gasteiger partial charge < -0.3 is 9.32 Å². The van der Waals surface area contributed by atoms with Crippen molar-refractivity contribution in [3.8, 4) is 50.9 Å². The van der Waals surface area contributed by atoms with Crippen LogP contribution in [0.1, 0.15) is 0 Å². The molecule has 6 nitrogen and oxygen atoms in total. The van der Waals surface area contributed by atoms with Gasteiger partial charge in [0.1, 0.15) is 11.0 Å². The van der Waals surface area contributed by atoms with Crippen LogP contribution in [0.5, 0.6) is 0 Å². The highest BCUT2D eigenvalue weighted by atomic mass is 16.3. The van der Waals surface area contributed by atoms with E-state index in [1.807, 2.05) is 36.4 Å². The first kappa shape index (κ1) is 38.3. The summed E-state index contributed by atoms with van der Waals surface area (Å²) in [6.45, 7) is 0. The van der Waals surface area contributed by atoms with Crippen LogP contribution < -0.4 is 4.90 Å². The molecule has 10 aromatic carbocycles. The number of rotatable bonds is 8. The van der Waals surface area contributed by atoms with E-state index in [4.69, 9.17) is 19.4 Å². The maximum absolute atomic E-state index is 6.78. The molecule has 0 saturated carbocycles. The SMILES string of the molecule is c1ccc(-c2nc3ccc4c5cc(-c6ccc(N(c7ccccc7)c7ccccc7)cc6)ccc5n(-c5nc(-c6ccc(-c7cccc8ccccc78)cc6)c6ccccc6n5)c4c3o2)cc1. The molecule has 0 unspecified atom stereocenters. The van der Waals surface area contributed by atoms with Gasteiger partial charge in [-0.15, -0.1) is 0 Å². The molecule has 0 N–H and O–H groups in total. The van der Waals surface area contributed by atoms with Crippen molar-refractivity contribution in [2.24, 2.45) is 0 Å². The number of benzene rings is 10. The van der Waals surface area contributed by atoms with Gasteiger partial charge in [0.2, 0.25) is 11.8 Å². The van der Waals surface area contributed by atoms with Crippen LogP contribution in [0.2, 0.25) is 0 Å². The third-order valence-electron chi connectivity index (χ3n) is 12.8. The van der Waals surface area contributed by atoms with E-state index >= 15 is 0 Å². The standard InChI is InChI=1S/C61H39N5O/c1-4-16-44(17-5-1)60-62-55-37-36-51-53-39-45(40-31-34-48(35-32-40)65(46-19-6-2-7-20-46)47-21-8-3-9-22-47)33-38-56(53)66(58(51)59(55)67-60)61-63-54-26-13-12-24-52(54)57(64-61)43-29-27-42(28-30-43)50-25-14-18-41-15-10-11-23-49(41)50/h1-39H. The molecule has 0 spiro atoms. The molecule has 0 aliphatic carbocycles. The van der Waals surface area contributed by atoms with Gasteiger partial charge >= 0.3 is 0 Å². The molecule has 6 heteroatoms. The van der Waals surface area contributed by atoms with Crippen LogP contribution in [-0.4, -0.2) is 19.5 Å². The van der Waals surface area contributed by atoms with Gasteiger partial charge in [0.25, 0.3) is 0 Å². The third kappa shape index (κ3) is 6.62. The van der Waals surface area contributed by atoms with Crippen LogP contribution in [0.4, 0.5) is 17.1 Å². The number of oxazole rings is 1. The van der Waals surface area contributed by atoms with E-state index < -0.39 is 0 Å². The van der Waals surface area contributed by atoms with Crippen molar-refractivity contribution in [2.45, 2.75) is 0 Å². The number of anilines is 3. The van der Waals surface area contributed by atoms with Crippen molar-refractivity contribution in [1.82, 2.24) is 19.5 Å². The Labute approximate surface area is 386 Å². The minimum absolute atomic E-state index is 0.552. The molecule has 3 aromatic heterocycles. The summed E-state index contributed by atoms with van der Waals surface area (Å²) in [4.78, 5) is 18.1. The van der Waals surface area contributed by atoms with E-state index in [1.54, 1.807) is 0 Å². The Bertz CT molecular complexity index is 3910. The van der Waals surface area contributed by atoms with Crippen molar-refractivity contribution in [1.29, 1.82) is 0 Å². The first-order valence-corrected chi connectivity index (χ1v) is 22.5. The lowest BCUT2D eigenvalue weighted by Gasteiger charge is -2.25. The summed E-state index contributed by atoms with van der Waals surface area (Å²) in [5.74, 6) is 1.11. The molecular formula is C61H39N5O. The summed E-state index contributed by atoms with van der Waals surface area (Å²) in [5.41, 5.74) is 14.7. The minimum atomic E-state index is 0.552. The van der Waals surface area contributed by atoms with Crippen molar-refractivity contribution >= 4 is 71.6 Å². The Morgan fingerprint density at radius 1 is 0.373 bits per heavy atom.